The van der Waals surface area contributed by atoms with E-state index in [-0.39, 0.29) is 30.9 Å². The Morgan fingerprint density at radius 2 is 1.92 bits per heavy atom. The monoisotopic (exact) mass is 351 g/mol. The molecule has 1 aromatic carbocycles. The average molecular weight is 351 g/mol. The Morgan fingerprint density at radius 1 is 1.28 bits per heavy atom. The van der Waals surface area contributed by atoms with Gasteiger partial charge in [-0.1, -0.05) is 25.5 Å². The summed E-state index contributed by atoms with van der Waals surface area (Å²) < 4.78 is 26.4. The van der Waals surface area contributed by atoms with Gasteiger partial charge in [-0.05, 0) is 48.8 Å². The number of halogens is 2. The molecule has 0 spiro atoms. The highest BCUT2D eigenvalue weighted by atomic mass is 19.1. The van der Waals surface area contributed by atoms with Crippen LogP contribution in [0.4, 0.5) is 8.78 Å². The van der Waals surface area contributed by atoms with Gasteiger partial charge in [0.15, 0.2) is 0 Å². The van der Waals surface area contributed by atoms with E-state index in [1.165, 1.54) is 12.1 Å². The number of rotatable bonds is 6. The number of hydrogen-bond acceptors (Lipinski definition) is 2. The third-order valence-corrected chi connectivity index (χ3v) is 5.14. The molecule has 1 aromatic rings. The summed E-state index contributed by atoms with van der Waals surface area (Å²) in [5.41, 5.74) is 1.53. The van der Waals surface area contributed by atoms with Crippen LogP contribution >= 0.6 is 0 Å². The quantitative estimate of drug-likeness (QED) is 0.766. The first-order valence-corrected chi connectivity index (χ1v) is 8.81. The van der Waals surface area contributed by atoms with Crippen LogP contribution in [0.3, 0.4) is 0 Å². The molecular formula is C20H27F2NO2. The Labute approximate surface area is 148 Å². The molecule has 1 amide bonds. The van der Waals surface area contributed by atoms with Crippen molar-refractivity contribution < 1.29 is 18.7 Å². The number of carbonyl (C=O) groups is 1. The number of nitrogens with one attached hydrogen (secondary N) is 1. The summed E-state index contributed by atoms with van der Waals surface area (Å²) in [6.45, 7) is 6.51. The van der Waals surface area contributed by atoms with Gasteiger partial charge in [-0.2, -0.15) is 0 Å². The molecule has 2 rings (SSSR count). The first kappa shape index (κ1) is 19.6. The number of hydrogen-bond donors (Lipinski definition) is 2. The molecule has 1 aliphatic carbocycles. The van der Waals surface area contributed by atoms with Crippen LogP contribution in [-0.4, -0.2) is 17.6 Å². The highest BCUT2D eigenvalue weighted by Gasteiger charge is 2.32. The van der Waals surface area contributed by atoms with Crippen molar-refractivity contribution in [2.75, 3.05) is 6.61 Å². The lowest BCUT2D eigenvalue weighted by Gasteiger charge is -2.36. The van der Waals surface area contributed by atoms with Crippen molar-refractivity contribution in [3.63, 3.8) is 0 Å². The van der Waals surface area contributed by atoms with Gasteiger partial charge in [0.1, 0.15) is 11.6 Å². The second kappa shape index (κ2) is 8.56. The van der Waals surface area contributed by atoms with Crippen LogP contribution in [0, 0.1) is 35.3 Å². The van der Waals surface area contributed by atoms with Crippen molar-refractivity contribution in [1.29, 1.82) is 0 Å². The summed E-state index contributed by atoms with van der Waals surface area (Å²) in [4.78, 5) is 12.3. The van der Waals surface area contributed by atoms with E-state index in [1.54, 1.807) is 0 Å². The summed E-state index contributed by atoms with van der Waals surface area (Å²) in [5.74, 6) is -0.359. The standard InChI is InChI=1S/C20H27F2NO2/c1-12(2)19-7-15(13(3)4-16(19)11-24)8-20(25)23-10-14-5-17(21)9-18(22)6-14/h4-6,9,12,15-16,19,24H,7-8,10-11H2,1-3H3,(H,23,25). The van der Waals surface area contributed by atoms with Crippen molar-refractivity contribution in [2.24, 2.45) is 23.7 Å². The van der Waals surface area contributed by atoms with Gasteiger partial charge in [0, 0.05) is 31.6 Å². The zero-order chi connectivity index (χ0) is 18.6. The van der Waals surface area contributed by atoms with E-state index in [9.17, 15) is 18.7 Å². The molecule has 25 heavy (non-hydrogen) atoms. The van der Waals surface area contributed by atoms with Gasteiger partial charge in [-0.3, -0.25) is 4.79 Å². The minimum atomic E-state index is -0.648. The van der Waals surface area contributed by atoms with Crippen LogP contribution in [0.2, 0.25) is 0 Å². The predicted octanol–water partition coefficient (Wildman–Crippen LogP) is 3.82. The number of aliphatic hydroxyl groups is 1. The fraction of sp³-hybridized carbons (Fsp3) is 0.550. The van der Waals surface area contributed by atoms with E-state index in [1.807, 2.05) is 6.92 Å². The number of benzene rings is 1. The predicted molar refractivity (Wildman–Crippen MR) is 93.6 cm³/mol. The van der Waals surface area contributed by atoms with Gasteiger partial charge in [0.05, 0.1) is 0 Å². The third kappa shape index (κ3) is 5.36. The highest BCUT2D eigenvalue weighted by molar-refractivity contribution is 5.76. The molecule has 0 aromatic heterocycles. The second-order valence-electron chi connectivity index (χ2n) is 7.36. The number of allylic oxidation sites excluding steroid dienone is 1. The Morgan fingerprint density at radius 3 is 2.48 bits per heavy atom. The smallest absolute Gasteiger partial charge is 0.220 e. The molecule has 0 heterocycles. The van der Waals surface area contributed by atoms with E-state index in [0.29, 0.717) is 23.8 Å². The molecule has 3 atom stereocenters. The van der Waals surface area contributed by atoms with Crippen LogP contribution in [0.25, 0.3) is 0 Å². The normalized spacial score (nSPS) is 23.5. The molecule has 3 unspecified atom stereocenters. The van der Waals surface area contributed by atoms with Gasteiger partial charge < -0.3 is 10.4 Å². The maximum atomic E-state index is 13.2. The Hall–Kier alpha value is -1.75. The summed E-state index contributed by atoms with van der Waals surface area (Å²) >= 11 is 0. The topological polar surface area (TPSA) is 49.3 Å². The molecule has 0 bridgehead atoms. The largest absolute Gasteiger partial charge is 0.396 e. The Kier molecular flexibility index (Phi) is 6.71. The lowest BCUT2D eigenvalue weighted by atomic mass is 9.70. The van der Waals surface area contributed by atoms with Crippen molar-refractivity contribution >= 4 is 5.91 Å². The van der Waals surface area contributed by atoms with Gasteiger partial charge in [0.2, 0.25) is 5.91 Å². The average Bonchev–Trinajstić information content (AvgIpc) is 2.53. The lowest BCUT2D eigenvalue weighted by molar-refractivity contribution is -0.122. The second-order valence-corrected chi connectivity index (χ2v) is 7.36. The van der Waals surface area contributed by atoms with E-state index in [0.717, 1.165) is 18.1 Å². The van der Waals surface area contributed by atoms with Gasteiger partial charge in [-0.25, -0.2) is 8.78 Å². The van der Waals surface area contributed by atoms with E-state index in [4.69, 9.17) is 0 Å². The molecule has 1 aliphatic rings. The van der Waals surface area contributed by atoms with E-state index in [2.05, 4.69) is 25.2 Å². The maximum absolute atomic E-state index is 13.2. The number of aliphatic hydroxyl groups excluding tert-OH is 1. The number of carbonyl (C=O) groups excluding carboxylic acids is 1. The Bertz CT molecular complexity index is 622. The lowest BCUT2D eigenvalue weighted by Crippen LogP contribution is -2.32. The zero-order valence-electron chi connectivity index (χ0n) is 15.1. The maximum Gasteiger partial charge on any atom is 0.220 e. The van der Waals surface area contributed by atoms with Crippen molar-refractivity contribution in [2.45, 2.75) is 40.2 Å². The van der Waals surface area contributed by atoms with Crippen molar-refractivity contribution in [3.8, 4) is 0 Å². The van der Waals surface area contributed by atoms with Gasteiger partial charge in [-0.15, -0.1) is 0 Å². The first-order chi connectivity index (χ1) is 11.8. The third-order valence-electron chi connectivity index (χ3n) is 5.14. The molecule has 0 aliphatic heterocycles. The van der Waals surface area contributed by atoms with E-state index >= 15 is 0 Å². The van der Waals surface area contributed by atoms with Crippen LogP contribution < -0.4 is 5.32 Å². The van der Waals surface area contributed by atoms with Gasteiger partial charge in [0.25, 0.3) is 0 Å². The fourth-order valence-electron chi connectivity index (χ4n) is 3.70. The van der Waals surface area contributed by atoms with Crippen LogP contribution in [0.5, 0.6) is 0 Å². The molecule has 0 fully saturated rings. The van der Waals surface area contributed by atoms with E-state index < -0.39 is 11.6 Å². The van der Waals surface area contributed by atoms with Gasteiger partial charge >= 0.3 is 0 Å². The fourth-order valence-corrected chi connectivity index (χ4v) is 3.70. The highest BCUT2D eigenvalue weighted by Crippen LogP contribution is 2.38. The molecular weight excluding hydrogens is 324 g/mol. The molecule has 0 saturated carbocycles. The summed E-state index contributed by atoms with van der Waals surface area (Å²) in [6.07, 6.45) is 3.31. The van der Waals surface area contributed by atoms with Crippen molar-refractivity contribution in [3.05, 3.63) is 47.0 Å². The molecule has 2 N–H and O–H groups in total. The molecule has 3 nitrogen and oxygen atoms in total. The number of amides is 1. The minimum absolute atomic E-state index is 0.107. The van der Waals surface area contributed by atoms with Crippen LogP contribution in [0.1, 0.15) is 39.2 Å². The van der Waals surface area contributed by atoms with Crippen molar-refractivity contribution in [1.82, 2.24) is 5.32 Å². The molecule has 5 heteroatoms. The molecule has 0 saturated heterocycles. The summed E-state index contributed by atoms with van der Waals surface area (Å²) in [7, 11) is 0. The van der Waals surface area contributed by atoms with Crippen LogP contribution in [0.15, 0.2) is 29.8 Å². The summed E-state index contributed by atoms with van der Waals surface area (Å²) in [5, 5.41) is 12.3. The SMILES string of the molecule is CC1=CC(CO)C(C(C)C)CC1CC(=O)NCc1cc(F)cc(F)c1. The zero-order valence-corrected chi connectivity index (χ0v) is 15.1. The summed E-state index contributed by atoms with van der Waals surface area (Å²) in [6, 6.07) is 3.25. The molecule has 0 radical (unpaired) electrons. The first-order valence-electron chi connectivity index (χ1n) is 8.81. The van der Waals surface area contributed by atoms with Crippen LogP contribution in [-0.2, 0) is 11.3 Å². The molecule has 138 valence electrons. The Balaban J connectivity index is 1.95. The minimum Gasteiger partial charge on any atom is -0.396 e.